The molecule has 1 aliphatic rings. The molecule has 0 atom stereocenters. The lowest BCUT2D eigenvalue weighted by molar-refractivity contribution is 0.0979. The number of carbonyl (C=O) groups excluding carboxylic acids is 2. The maximum Gasteiger partial charge on any atom is 0.194 e. The first kappa shape index (κ1) is 14.4. The largest absolute Gasteiger partial charge is 0.351 e. The summed E-state index contributed by atoms with van der Waals surface area (Å²) in [6.45, 7) is 0. The van der Waals surface area contributed by atoms with Crippen LogP contribution in [0.3, 0.4) is 0 Å². The third-order valence-corrected chi connectivity index (χ3v) is 4.38. The molecule has 0 fully saturated rings. The second kappa shape index (κ2) is 5.46. The van der Waals surface area contributed by atoms with Gasteiger partial charge in [-0.25, -0.2) is 0 Å². The van der Waals surface area contributed by atoms with Crippen molar-refractivity contribution in [2.24, 2.45) is 7.05 Å². The number of fused-ring (bicyclic) bond motifs is 2. The van der Waals surface area contributed by atoms with Crippen molar-refractivity contribution >= 4 is 23.7 Å². The topological polar surface area (TPSA) is 39.1 Å². The molecule has 4 rings (SSSR count). The Hall–Kier alpha value is -3.20. The molecule has 24 heavy (non-hydrogen) atoms. The minimum absolute atomic E-state index is 0.0850. The number of carbonyl (C=O) groups is 2. The summed E-state index contributed by atoms with van der Waals surface area (Å²) in [7, 11) is 1.98. The lowest BCUT2D eigenvalue weighted by Crippen LogP contribution is -2.20. The van der Waals surface area contributed by atoms with Gasteiger partial charge in [0.05, 0.1) is 0 Å². The predicted octanol–water partition coefficient (Wildman–Crippen LogP) is 3.97. The number of nitrogens with zero attached hydrogens (tertiary/aromatic N) is 1. The fourth-order valence-corrected chi connectivity index (χ4v) is 3.05. The smallest absolute Gasteiger partial charge is 0.194 e. The minimum Gasteiger partial charge on any atom is -0.351 e. The summed E-state index contributed by atoms with van der Waals surface area (Å²) in [5.74, 6) is -0.174. The number of benzene rings is 2. The van der Waals surface area contributed by atoms with Crippen LogP contribution in [-0.4, -0.2) is 16.1 Å². The summed E-state index contributed by atoms with van der Waals surface area (Å²) >= 11 is 0. The van der Waals surface area contributed by atoms with E-state index in [9.17, 15) is 9.59 Å². The van der Waals surface area contributed by atoms with Gasteiger partial charge in [0.25, 0.3) is 0 Å². The summed E-state index contributed by atoms with van der Waals surface area (Å²) in [4.78, 5) is 25.3. The van der Waals surface area contributed by atoms with Gasteiger partial charge in [0.15, 0.2) is 11.6 Å². The van der Waals surface area contributed by atoms with E-state index in [4.69, 9.17) is 0 Å². The zero-order valence-electron chi connectivity index (χ0n) is 13.2. The van der Waals surface area contributed by atoms with E-state index in [0.717, 1.165) is 11.3 Å². The first-order valence-electron chi connectivity index (χ1n) is 7.77. The molecule has 0 N–H and O–H groups in total. The molecule has 0 unspecified atom stereocenters. The average molecular weight is 313 g/mol. The number of aromatic nitrogens is 1. The second-order valence-corrected chi connectivity index (χ2v) is 5.89. The first-order valence-corrected chi connectivity index (χ1v) is 7.77. The van der Waals surface area contributed by atoms with Gasteiger partial charge in [-0.3, -0.25) is 9.59 Å². The van der Waals surface area contributed by atoms with Crippen LogP contribution in [0, 0.1) is 0 Å². The van der Waals surface area contributed by atoms with Crippen LogP contribution in [0.15, 0.2) is 60.8 Å². The van der Waals surface area contributed by atoms with E-state index in [1.54, 1.807) is 36.4 Å². The van der Waals surface area contributed by atoms with Crippen molar-refractivity contribution in [1.82, 2.24) is 4.57 Å². The van der Waals surface area contributed by atoms with E-state index >= 15 is 0 Å². The normalized spacial score (nSPS) is 13.2. The Morgan fingerprint density at radius 2 is 1.42 bits per heavy atom. The number of ketones is 2. The zero-order chi connectivity index (χ0) is 16.7. The van der Waals surface area contributed by atoms with Crippen LogP contribution in [0.1, 0.15) is 43.1 Å². The summed E-state index contributed by atoms with van der Waals surface area (Å²) in [6.07, 6.45) is 5.92. The number of aryl methyl sites for hydroxylation is 1. The monoisotopic (exact) mass is 313 g/mol. The van der Waals surface area contributed by atoms with Gasteiger partial charge in [0.2, 0.25) is 0 Å². The van der Waals surface area contributed by atoms with Gasteiger partial charge in [-0.15, -0.1) is 0 Å². The van der Waals surface area contributed by atoms with Crippen LogP contribution < -0.4 is 0 Å². The molecule has 0 bridgehead atoms. The van der Waals surface area contributed by atoms with Crippen LogP contribution in [0.5, 0.6) is 0 Å². The van der Waals surface area contributed by atoms with Gasteiger partial charge in [0, 0.05) is 41.2 Å². The lowest BCUT2D eigenvalue weighted by atomic mass is 9.83. The summed E-state index contributed by atoms with van der Waals surface area (Å²) in [5, 5.41) is 0. The highest BCUT2D eigenvalue weighted by atomic mass is 16.1. The number of rotatable bonds is 2. The molecule has 0 spiro atoms. The Morgan fingerprint density at radius 3 is 2.08 bits per heavy atom. The summed E-state index contributed by atoms with van der Waals surface area (Å²) in [5.41, 5.74) is 3.90. The zero-order valence-corrected chi connectivity index (χ0v) is 13.2. The Morgan fingerprint density at radius 1 is 0.750 bits per heavy atom. The molecular weight excluding hydrogens is 298 g/mol. The van der Waals surface area contributed by atoms with Crippen LogP contribution in [0.2, 0.25) is 0 Å². The van der Waals surface area contributed by atoms with E-state index < -0.39 is 0 Å². The van der Waals surface area contributed by atoms with Crippen LogP contribution in [0.25, 0.3) is 12.2 Å². The first-order chi connectivity index (χ1) is 11.6. The van der Waals surface area contributed by atoms with Gasteiger partial charge in [0.1, 0.15) is 0 Å². The Bertz CT molecular complexity index is 1010. The number of hydrogen-bond donors (Lipinski definition) is 0. The fourth-order valence-electron chi connectivity index (χ4n) is 3.05. The molecule has 1 heterocycles. The second-order valence-electron chi connectivity index (χ2n) is 5.89. The lowest BCUT2D eigenvalue weighted by Gasteiger charge is -2.17. The molecule has 0 saturated carbocycles. The molecule has 0 aliphatic heterocycles. The fraction of sp³-hybridized carbons (Fsp3) is 0.0476. The third kappa shape index (κ3) is 2.22. The van der Waals surface area contributed by atoms with Crippen molar-refractivity contribution in [3.05, 3.63) is 94.3 Å². The van der Waals surface area contributed by atoms with Crippen molar-refractivity contribution in [2.75, 3.05) is 0 Å². The molecule has 3 heteroatoms. The van der Waals surface area contributed by atoms with Gasteiger partial charge in [-0.1, -0.05) is 36.4 Å². The Kier molecular flexibility index (Phi) is 3.28. The Labute approximate surface area is 139 Å². The molecule has 0 amide bonds. The van der Waals surface area contributed by atoms with Crippen LogP contribution in [0.4, 0.5) is 0 Å². The van der Waals surface area contributed by atoms with E-state index in [1.165, 1.54) is 0 Å². The van der Waals surface area contributed by atoms with E-state index in [2.05, 4.69) is 0 Å². The van der Waals surface area contributed by atoms with Crippen molar-refractivity contribution in [3.63, 3.8) is 0 Å². The minimum atomic E-state index is -0.0886. The molecule has 0 radical (unpaired) electrons. The summed E-state index contributed by atoms with van der Waals surface area (Å²) in [6, 6.07) is 16.4. The predicted molar refractivity (Wildman–Crippen MR) is 94.1 cm³/mol. The van der Waals surface area contributed by atoms with Gasteiger partial charge < -0.3 is 4.57 Å². The molecule has 0 saturated heterocycles. The van der Waals surface area contributed by atoms with Gasteiger partial charge >= 0.3 is 0 Å². The SMILES string of the molecule is Cn1cccc1/C=C/c1ccc2c(c1)C(=O)c1ccccc1C2=O. The standard InChI is InChI=1S/C21H15NO2/c1-22-12-4-5-15(22)10-8-14-9-11-18-19(13-14)21(24)17-7-3-2-6-16(17)20(18)23/h2-13H,1H3/b10-8+. The van der Waals surface area contributed by atoms with Crippen molar-refractivity contribution in [2.45, 2.75) is 0 Å². The molecule has 3 aromatic rings. The highest BCUT2D eigenvalue weighted by Crippen LogP contribution is 2.28. The summed E-state index contributed by atoms with van der Waals surface area (Å²) < 4.78 is 2.01. The van der Waals surface area contributed by atoms with Crippen molar-refractivity contribution in [3.8, 4) is 0 Å². The third-order valence-electron chi connectivity index (χ3n) is 4.38. The van der Waals surface area contributed by atoms with Crippen molar-refractivity contribution < 1.29 is 9.59 Å². The van der Waals surface area contributed by atoms with Crippen LogP contribution >= 0.6 is 0 Å². The molecule has 2 aromatic carbocycles. The number of hydrogen-bond acceptors (Lipinski definition) is 2. The van der Waals surface area contributed by atoms with Gasteiger partial charge in [-0.05, 0) is 35.9 Å². The highest BCUT2D eigenvalue weighted by molar-refractivity contribution is 6.28. The van der Waals surface area contributed by atoms with E-state index in [-0.39, 0.29) is 11.6 Å². The van der Waals surface area contributed by atoms with E-state index in [1.807, 2.05) is 48.2 Å². The maximum atomic E-state index is 12.7. The highest BCUT2D eigenvalue weighted by Gasteiger charge is 2.28. The van der Waals surface area contributed by atoms with Gasteiger partial charge in [-0.2, -0.15) is 0 Å². The average Bonchev–Trinajstić information content (AvgIpc) is 3.03. The Balaban J connectivity index is 1.76. The maximum absolute atomic E-state index is 12.7. The molecule has 116 valence electrons. The van der Waals surface area contributed by atoms with Crippen molar-refractivity contribution in [1.29, 1.82) is 0 Å². The molecular formula is C21H15NO2. The quantitative estimate of drug-likeness (QED) is 0.561. The van der Waals surface area contributed by atoms with Crippen LogP contribution in [-0.2, 0) is 7.05 Å². The molecule has 1 aromatic heterocycles. The molecule has 1 aliphatic carbocycles. The molecule has 3 nitrogen and oxygen atoms in total. The van der Waals surface area contributed by atoms with E-state index in [0.29, 0.717) is 22.3 Å².